The van der Waals surface area contributed by atoms with Crippen LogP contribution in [0.15, 0.2) is 30.3 Å². The smallest absolute Gasteiger partial charge is 0.0242 e. The standard InChI is InChI=1S/C14H19N/c1-11-8-13-9-14(13,2)15(11)10-12-6-4-3-5-7-12/h3-7,11,13H,8-10H2,1-2H3/t11-,13+,14-/m1/s1. The summed E-state index contributed by atoms with van der Waals surface area (Å²) in [5.74, 6) is 0.983. The average molecular weight is 201 g/mol. The first-order valence-electron chi connectivity index (χ1n) is 6.01. The number of benzene rings is 1. The molecular weight excluding hydrogens is 182 g/mol. The number of piperidine rings is 1. The predicted octanol–water partition coefficient (Wildman–Crippen LogP) is 3.06. The third kappa shape index (κ3) is 1.41. The van der Waals surface area contributed by atoms with Gasteiger partial charge in [0.1, 0.15) is 0 Å². The maximum Gasteiger partial charge on any atom is 0.0242 e. The van der Waals surface area contributed by atoms with Crippen LogP contribution in [-0.4, -0.2) is 16.5 Å². The lowest BCUT2D eigenvalue weighted by molar-refractivity contribution is 0.163. The van der Waals surface area contributed by atoms with Gasteiger partial charge in [-0.3, -0.25) is 4.90 Å². The number of hydrogen-bond donors (Lipinski definition) is 0. The second-order valence-corrected chi connectivity index (χ2v) is 5.46. The Balaban J connectivity index is 1.78. The Morgan fingerprint density at radius 3 is 2.67 bits per heavy atom. The highest BCUT2D eigenvalue weighted by atomic mass is 15.3. The molecule has 0 amide bonds. The van der Waals surface area contributed by atoms with E-state index in [4.69, 9.17) is 0 Å². The van der Waals surface area contributed by atoms with E-state index in [0.717, 1.165) is 18.5 Å². The van der Waals surface area contributed by atoms with Gasteiger partial charge in [-0.2, -0.15) is 0 Å². The number of likely N-dealkylation sites (tertiary alicyclic amines) is 1. The van der Waals surface area contributed by atoms with Gasteiger partial charge in [-0.05, 0) is 38.2 Å². The average Bonchev–Trinajstić information content (AvgIpc) is 2.81. The summed E-state index contributed by atoms with van der Waals surface area (Å²) in [6, 6.07) is 11.6. The summed E-state index contributed by atoms with van der Waals surface area (Å²) in [6.45, 7) is 5.94. The van der Waals surface area contributed by atoms with Gasteiger partial charge < -0.3 is 0 Å². The van der Waals surface area contributed by atoms with Crippen LogP contribution in [0.1, 0.15) is 32.3 Å². The summed E-state index contributed by atoms with van der Waals surface area (Å²) in [5.41, 5.74) is 1.99. The van der Waals surface area contributed by atoms with Crippen molar-refractivity contribution < 1.29 is 0 Å². The van der Waals surface area contributed by atoms with E-state index in [1.54, 1.807) is 0 Å². The van der Waals surface area contributed by atoms with Crippen molar-refractivity contribution in [1.29, 1.82) is 0 Å². The first-order chi connectivity index (χ1) is 7.20. The second-order valence-electron chi connectivity index (χ2n) is 5.46. The van der Waals surface area contributed by atoms with Crippen LogP contribution in [0, 0.1) is 5.92 Å². The molecule has 0 bridgehead atoms. The second kappa shape index (κ2) is 3.08. The van der Waals surface area contributed by atoms with Gasteiger partial charge in [-0.15, -0.1) is 0 Å². The van der Waals surface area contributed by atoms with Crippen LogP contribution in [0.4, 0.5) is 0 Å². The fourth-order valence-corrected chi connectivity index (χ4v) is 3.29. The van der Waals surface area contributed by atoms with E-state index in [9.17, 15) is 0 Å². The van der Waals surface area contributed by atoms with Gasteiger partial charge in [0, 0.05) is 18.1 Å². The fourth-order valence-electron chi connectivity index (χ4n) is 3.29. The molecular formula is C14H19N. The molecule has 2 aliphatic rings. The van der Waals surface area contributed by atoms with Crippen LogP contribution in [0.2, 0.25) is 0 Å². The molecule has 1 saturated heterocycles. The molecule has 15 heavy (non-hydrogen) atoms. The molecule has 1 aromatic rings. The zero-order valence-corrected chi connectivity index (χ0v) is 9.61. The first-order valence-corrected chi connectivity index (χ1v) is 6.01. The van der Waals surface area contributed by atoms with E-state index in [2.05, 4.69) is 49.1 Å². The van der Waals surface area contributed by atoms with Gasteiger partial charge in [0.05, 0.1) is 0 Å². The van der Waals surface area contributed by atoms with Gasteiger partial charge in [0.2, 0.25) is 0 Å². The number of nitrogens with zero attached hydrogens (tertiary/aromatic N) is 1. The van der Waals surface area contributed by atoms with Crippen LogP contribution < -0.4 is 0 Å². The third-order valence-electron chi connectivity index (χ3n) is 4.39. The molecule has 1 aromatic carbocycles. The Labute approximate surface area is 92.1 Å². The van der Waals surface area contributed by atoms with Crippen LogP contribution in [0.3, 0.4) is 0 Å². The maximum atomic E-state index is 2.70. The Morgan fingerprint density at radius 2 is 2.07 bits per heavy atom. The summed E-state index contributed by atoms with van der Waals surface area (Å²) in [6.07, 6.45) is 2.83. The summed E-state index contributed by atoms with van der Waals surface area (Å²) < 4.78 is 0. The van der Waals surface area contributed by atoms with Crippen molar-refractivity contribution in [2.75, 3.05) is 0 Å². The Bertz CT molecular complexity index is 359. The molecule has 80 valence electrons. The van der Waals surface area contributed by atoms with Gasteiger partial charge in [0.15, 0.2) is 0 Å². The Kier molecular flexibility index (Phi) is 1.93. The predicted molar refractivity (Wildman–Crippen MR) is 62.6 cm³/mol. The van der Waals surface area contributed by atoms with Crippen molar-refractivity contribution in [3.63, 3.8) is 0 Å². The van der Waals surface area contributed by atoms with Crippen LogP contribution in [-0.2, 0) is 6.54 Å². The SMILES string of the molecule is C[C@@H]1C[C@H]2C[C@@]2(C)N1Cc1ccccc1. The van der Waals surface area contributed by atoms with Crippen LogP contribution >= 0.6 is 0 Å². The largest absolute Gasteiger partial charge is 0.291 e. The minimum atomic E-state index is 0.537. The van der Waals surface area contributed by atoms with Gasteiger partial charge in [0.25, 0.3) is 0 Å². The lowest BCUT2D eigenvalue weighted by Gasteiger charge is -2.30. The summed E-state index contributed by atoms with van der Waals surface area (Å²) in [5, 5.41) is 0. The van der Waals surface area contributed by atoms with E-state index in [1.165, 1.54) is 18.4 Å². The number of rotatable bonds is 2. The molecule has 3 atom stereocenters. The molecule has 0 spiro atoms. The highest BCUT2D eigenvalue weighted by Gasteiger charge is 2.60. The molecule has 1 heteroatoms. The van der Waals surface area contributed by atoms with E-state index in [-0.39, 0.29) is 0 Å². The zero-order valence-electron chi connectivity index (χ0n) is 9.61. The lowest BCUT2D eigenvalue weighted by Crippen LogP contribution is -2.36. The van der Waals surface area contributed by atoms with Gasteiger partial charge >= 0.3 is 0 Å². The minimum Gasteiger partial charge on any atom is -0.291 e. The third-order valence-corrected chi connectivity index (χ3v) is 4.39. The molecule has 0 unspecified atom stereocenters. The molecule has 3 rings (SSSR count). The Hall–Kier alpha value is -0.820. The fraction of sp³-hybridized carbons (Fsp3) is 0.571. The maximum absolute atomic E-state index is 2.70. The summed E-state index contributed by atoms with van der Waals surface area (Å²) >= 11 is 0. The van der Waals surface area contributed by atoms with Crippen molar-refractivity contribution in [1.82, 2.24) is 4.90 Å². The quantitative estimate of drug-likeness (QED) is 0.711. The van der Waals surface area contributed by atoms with Gasteiger partial charge in [-0.1, -0.05) is 30.3 Å². The van der Waals surface area contributed by atoms with Crippen molar-refractivity contribution in [3.8, 4) is 0 Å². The molecule has 1 saturated carbocycles. The molecule has 1 aliphatic heterocycles. The monoisotopic (exact) mass is 201 g/mol. The molecule has 0 radical (unpaired) electrons. The summed E-state index contributed by atoms with van der Waals surface area (Å²) in [4.78, 5) is 2.70. The van der Waals surface area contributed by atoms with Crippen molar-refractivity contribution >= 4 is 0 Å². The van der Waals surface area contributed by atoms with E-state index in [1.807, 2.05) is 0 Å². The molecule has 0 N–H and O–H groups in total. The van der Waals surface area contributed by atoms with Gasteiger partial charge in [-0.25, -0.2) is 0 Å². The van der Waals surface area contributed by atoms with Crippen molar-refractivity contribution in [2.24, 2.45) is 5.92 Å². The van der Waals surface area contributed by atoms with Crippen LogP contribution in [0.25, 0.3) is 0 Å². The molecule has 1 nitrogen and oxygen atoms in total. The van der Waals surface area contributed by atoms with E-state index in [0.29, 0.717) is 5.54 Å². The van der Waals surface area contributed by atoms with E-state index >= 15 is 0 Å². The number of hydrogen-bond acceptors (Lipinski definition) is 1. The molecule has 2 fully saturated rings. The van der Waals surface area contributed by atoms with E-state index < -0.39 is 0 Å². The molecule has 0 aromatic heterocycles. The minimum absolute atomic E-state index is 0.537. The highest BCUT2D eigenvalue weighted by molar-refractivity contribution is 5.20. The highest BCUT2D eigenvalue weighted by Crippen LogP contribution is 2.57. The van der Waals surface area contributed by atoms with Crippen molar-refractivity contribution in [2.45, 2.75) is 44.8 Å². The molecule has 1 aliphatic carbocycles. The zero-order chi connectivity index (χ0) is 10.5. The topological polar surface area (TPSA) is 3.24 Å². The lowest BCUT2D eigenvalue weighted by atomic mass is 10.1. The summed E-state index contributed by atoms with van der Waals surface area (Å²) in [7, 11) is 0. The Morgan fingerprint density at radius 1 is 1.33 bits per heavy atom. The first kappa shape index (κ1) is 9.41. The normalized spacial score (nSPS) is 39.1. The molecule has 1 heterocycles. The van der Waals surface area contributed by atoms with Crippen LogP contribution in [0.5, 0.6) is 0 Å². The number of fused-ring (bicyclic) bond motifs is 1. The van der Waals surface area contributed by atoms with Crippen molar-refractivity contribution in [3.05, 3.63) is 35.9 Å².